The van der Waals surface area contributed by atoms with Crippen LogP contribution in [0, 0.1) is 0 Å². The van der Waals surface area contributed by atoms with Crippen molar-refractivity contribution in [3.63, 3.8) is 0 Å². The van der Waals surface area contributed by atoms with Gasteiger partial charge in [-0.05, 0) is 48.8 Å². The molecule has 0 atom stereocenters. The lowest BCUT2D eigenvalue weighted by atomic mass is 10.1. The van der Waals surface area contributed by atoms with Gasteiger partial charge in [0.05, 0.1) is 4.47 Å². The molecule has 0 unspecified atom stereocenters. The van der Waals surface area contributed by atoms with E-state index < -0.39 is 0 Å². The van der Waals surface area contributed by atoms with E-state index in [0.29, 0.717) is 5.75 Å². The van der Waals surface area contributed by atoms with Crippen LogP contribution in [0.1, 0.15) is 20.8 Å². The number of halogens is 1. The molecule has 0 aliphatic heterocycles. The van der Waals surface area contributed by atoms with Crippen molar-refractivity contribution in [2.75, 3.05) is 6.61 Å². The fraction of sp³-hybridized carbons (Fsp3) is 0.417. The number of para-hydroxylation sites is 1. The minimum atomic E-state index is -0.228. The minimum Gasteiger partial charge on any atom is -0.483 e. The molecule has 4 heteroatoms. The summed E-state index contributed by atoms with van der Waals surface area (Å²) in [6, 6.07) is 7.44. The Morgan fingerprint density at radius 2 is 2.00 bits per heavy atom. The van der Waals surface area contributed by atoms with Crippen molar-refractivity contribution in [2.45, 2.75) is 26.3 Å². The molecule has 1 N–H and O–H groups in total. The van der Waals surface area contributed by atoms with Crippen molar-refractivity contribution >= 4 is 21.8 Å². The number of hydrogen-bond donors (Lipinski definition) is 1. The third-order valence-corrected chi connectivity index (χ3v) is 2.36. The molecule has 1 aromatic carbocycles. The lowest BCUT2D eigenvalue weighted by molar-refractivity contribution is -0.124. The van der Waals surface area contributed by atoms with Crippen LogP contribution in [0.15, 0.2) is 28.7 Å². The summed E-state index contributed by atoms with van der Waals surface area (Å²) >= 11 is 3.35. The average Bonchev–Trinajstić information content (AvgIpc) is 2.14. The van der Waals surface area contributed by atoms with Crippen molar-refractivity contribution in [2.24, 2.45) is 0 Å². The van der Waals surface area contributed by atoms with Crippen molar-refractivity contribution in [3.8, 4) is 5.75 Å². The molecular weight excluding hydrogens is 270 g/mol. The van der Waals surface area contributed by atoms with Crippen molar-refractivity contribution in [1.29, 1.82) is 0 Å². The lowest BCUT2D eigenvalue weighted by Gasteiger charge is -2.20. The number of nitrogens with one attached hydrogen (secondary N) is 1. The number of benzene rings is 1. The average molecular weight is 286 g/mol. The van der Waals surface area contributed by atoms with Crippen LogP contribution in [0.5, 0.6) is 5.75 Å². The molecule has 0 heterocycles. The van der Waals surface area contributed by atoms with Gasteiger partial charge in [-0.2, -0.15) is 0 Å². The van der Waals surface area contributed by atoms with Gasteiger partial charge in [0.1, 0.15) is 5.75 Å². The number of hydrogen-bond acceptors (Lipinski definition) is 2. The van der Waals surface area contributed by atoms with Crippen LogP contribution in [-0.4, -0.2) is 18.1 Å². The first kappa shape index (κ1) is 13.0. The molecule has 0 radical (unpaired) electrons. The molecule has 1 amide bonds. The van der Waals surface area contributed by atoms with Gasteiger partial charge in [0.2, 0.25) is 0 Å². The van der Waals surface area contributed by atoms with Gasteiger partial charge in [-0.1, -0.05) is 12.1 Å². The maximum atomic E-state index is 11.5. The van der Waals surface area contributed by atoms with Crippen LogP contribution < -0.4 is 10.1 Å². The number of ether oxygens (including phenoxy) is 1. The van der Waals surface area contributed by atoms with E-state index in [-0.39, 0.29) is 18.1 Å². The first-order chi connectivity index (χ1) is 7.38. The smallest absolute Gasteiger partial charge is 0.258 e. The molecule has 0 spiro atoms. The maximum Gasteiger partial charge on any atom is 0.258 e. The normalized spacial score (nSPS) is 11.0. The molecule has 16 heavy (non-hydrogen) atoms. The van der Waals surface area contributed by atoms with Crippen LogP contribution in [-0.2, 0) is 4.79 Å². The van der Waals surface area contributed by atoms with Crippen molar-refractivity contribution < 1.29 is 9.53 Å². The standard InChI is InChI=1S/C12H16BrNO2/c1-12(2,3)14-11(15)8-16-10-7-5-4-6-9(10)13/h4-7H,8H2,1-3H3,(H,14,15). The predicted octanol–water partition coefficient (Wildman–Crippen LogP) is 2.74. The molecule has 1 aromatic rings. The SMILES string of the molecule is CC(C)(C)NC(=O)COc1ccccc1Br. The number of carbonyl (C=O) groups is 1. The molecule has 1 rings (SSSR count). The van der Waals surface area contributed by atoms with E-state index in [1.54, 1.807) is 0 Å². The van der Waals surface area contributed by atoms with Gasteiger partial charge < -0.3 is 10.1 Å². The Kier molecular flexibility index (Phi) is 4.35. The second kappa shape index (κ2) is 5.34. The summed E-state index contributed by atoms with van der Waals surface area (Å²) in [6.45, 7) is 5.83. The lowest BCUT2D eigenvalue weighted by Crippen LogP contribution is -2.43. The van der Waals surface area contributed by atoms with E-state index in [1.807, 2.05) is 45.0 Å². The topological polar surface area (TPSA) is 38.3 Å². The highest BCUT2D eigenvalue weighted by molar-refractivity contribution is 9.10. The Balaban J connectivity index is 2.47. The summed E-state index contributed by atoms with van der Waals surface area (Å²) in [6.07, 6.45) is 0. The number of carbonyl (C=O) groups excluding carboxylic acids is 1. The highest BCUT2D eigenvalue weighted by Crippen LogP contribution is 2.23. The third kappa shape index (κ3) is 4.66. The molecule has 88 valence electrons. The molecule has 0 saturated carbocycles. The minimum absolute atomic E-state index is 0.0277. The van der Waals surface area contributed by atoms with E-state index in [1.165, 1.54) is 0 Å². The predicted molar refractivity (Wildman–Crippen MR) is 67.5 cm³/mol. The molecule has 0 bridgehead atoms. The highest BCUT2D eigenvalue weighted by Gasteiger charge is 2.14. The van der Waals surface area contributed by atoms with Crippen LogP contribution >= 0.6 is 15.9 Å². The molecule has 0 aliphatic carbocycles. The molecule has 3 nitrogen and oxygen atoms in total. The zero-order valence-electron chi connectivity index (χ0n) is 9.71. The molecule has 0 fully saturated rings. The fourth-order valence-electron chi connectivity index (χ4n) is 1.16. The van der Waals surface area contributed by atoms with E-state index in [2.05, 4.69) is 21.2 Å². The maximum absolute atomic E-state index is 11.5. The molecular formula is C12H16BrNO2. The summed E-state index contributed by atoms with van der Waals surface area (Å²) in [5.41, 5.74) is -0.228. The Bertz CT molecular complexity index is 372. The van der Waals surface area contributed by atoms with Gasteiger partial charge in [0.25, 0.3) is 5.91 Å². The van der Waals surface area contributed by atoms with Crippen molar-refractivity contribution in [1.82, 2.24) is 5.32 Å². The summed E-state index contributed by atoms with van der Waals surface area (Å²) in [5.74, 6) is 0.551. The van der Waals surface area contributed by atoms with Gasteiger partial charge in [-0.15, -0.1) is 0 Å². The second-order valence-electron chi connectivity index (χ2n) is 4.52. The van der Waals surface area contributed by atoms with Crippen LogP contribution in [0.2, 0.25) is 0 Å². The van der Waals surface area contributed by atoms with Gasteiger partial charge in [-0.3, -0.25) is 4.79 Å². The van der Waals surface area contributed by atoms with Gasteiger partial charge in [-0.25, -0.2) is 0 Å². The summed E-state index contributed by atoms with van der Waals surface area (Å²) < 4.78 is 6.23. The summed E-state index contributed by atoms with van der Waals surface area (Å²) in [5, 5.41) is 2.83. The van der Waals surface area contributed by atoms with E-state index >= 15 is 0 Å². The Morgan fingerprint density at radius 3 is 2.56 bits per heavy atom. The summed E-state index contributed by atoms with van der Waals surface area (Å²) in [7, 11) is 0. The number of rotatable bonds is 3. The molecule has 0 aromatic heterocycles. The fourth-order valence-corrected chi connectivity index (χ4v) is 1.56. The molecule has 0 aliphatic rings. The Hall–Kier alpha value is -1.03. The van der Waals surface area contributed by atoms with Gasteiger partial charge >= 0.3 is 0 Å². The summed E-state index contributed by atoms with van der Waals surface area (Å²) in [4.78, 5) is 11.5. The third-order valence-electron chi connectivity index (χ3n) is 1.71. The first-order valence-electron chi connectivity index (χ1n) is 5.07. The highest BCUT2D eigenvalue weighted by atomic mass is 79.9. The Labute approximate surface area is 104 Å². The van der Waals surface area contributed by atoms with Gasteiger partial charge in [0, 0.05) is 5.54 Å². The van der Waals surface area contributed by atoms with E-state index in [4.69, 9.17) is 4.74 Å². The number of amides is 1. The zero-order valence-corrected chi connectivity index (χ0v) is 11.3. The van der Waals surface area contributed by atoms with Crippen molar-refractivity contribution in [3.05, 3.63) is 28.7 Å². The van der Waals surface area contributed by atoms with E-state index in [0.717, 1.165) is 4.47 Å². The monoisotopic (exact) mass is 285 g/mol. The van der Waals surface area contributed by atoms with E-state index in [9.17, 15) is 4.79 Å². The van der Waals surface area contributed by atoms with Crippen LogP contribution in [0.25, 0.3) is 0 Å². The zero-order chi connectivity index (χ0) is 12.2. The van der Waals surface area contributed by atoms with Crippen LogP contribution in [0.4, 0.5) is 0 Å². The van der Waals surface area contributed by atoms with Crippen LogP contribution in [0.3, 0.4) is 0 Å². The largest absolute Gasteiger partial charge is 0.483 e. The second-order valence-corrected chi connectivity index (χ2v) is 5.37. The quantitative estimate of drug-likeness (QED) is 0.927. The van der Waals surface area contributed by atoms with Gasteiger partial charge in [0.15, 0.2) is 6.61 Å². The first-order valence-corrected chi connectivity index (χ1v) is 5.86. The Morgan fingerprint density at radius 1 is 1.38 bits per heavy atom. The molecule has 0 saturated heterocycles.